The van der Waals surface area contributed by atoms with E-state index in [1.165, 1.54) is 38.4 Å². The lowest BCUT2D eigenvalue weighted by molar-refractivity contribution is -0.0353. The molecule has 1 rings (SSSR count). The highest BCUT2D eigenvalue weighted by Gasteiger charge is 2.32. The van der Waals surface area contributed by atoms with Gasteiger partial charge in [-0.1, -0.05) is 25.8 Å². The van der Waals surface area contributed by atoms with Crippen LogP contribution in [-0.2, 0) is 4.74 Å². The molecule has 1 aliphatic carbocycles. The molecule has 0 amide bonds. The van der Waals surface area contributed by atoms with Crippen LogP contribution >= 0.6 is 0 Å². The summed E-state index contributed by atoms with van der Waals surface area (Å²) in [5, 5.41) is 10.3. The van der Waals surface area contributed by atoms with Crippen LogP contribution in [0, 0.1) is 5.92 Å². The van der Waals surface area contributed by atoms with Crippen LogP contribution in [0.3, 0.4) is 0 Å². The summed E-state index contributed by atoms with van der Waals surface area (Å²) in [6.45, 7) is 6.01. The maximum Gasteiger partial charge on any atom is 0.0900 e. The van der Waals surface area contributed by atoms with E-state index in [4.69, 9.17) is 4.74 Å². The highest BCUT2D eigenvalue weighted by atomic mass is 16.5. The molecule has 82 valence electrons. The largest absolute Gasteiger partial charge is 0.502 e. The molecule has 1 unspecified atom stereocenters. The smallest absolute Gasteiger partial charge is 0.0900 e. The van der Waals surface area contributed by atoms with E-state index < -0.39 is 5.60 Å². The Morgan fingerprint density at radius 1 is 1.43 bits per heavy atom. The lowest BCUT2D eigenvalue weighted by atomic mass is 9.76. The van der Waals surface area contributed by atoms with Gasteiger partial charge in [-0.3, -0.25) is 0 Å². The highest BCUT2D eigenvalue weighted by Crippen LogP contribution is 2.34. The van der Waals surface area contributed by atoms with Crippen LogP contribution in [0.5, 0.6) is 0 Å². The highest BCUT2D eigenvalue weighted by molar-refractivity contribution is 4.84. The van der Waals surface area contributed by atoms with Crippen LogP contribution in [0.25, 0.3) is 0 Å². The van der Waals surface area contributed by atoms with Gasteiger partial charge in [0.15, 0.2) is 0 Å². The molecule has 0 aromatic carbocycles. The summed E-state index contributed by atoms with van der Waals surface area (Å²) in [6.07, 6.45) is 8.35. The lowest BCUT2D eigenvalue weighted by Crippen LogP contribution is -2.36. The second-order valence-electron chi connectivity index (χ2n) is 4.48. The van der Waals surface area contributed by atoms with Crippen LogP contribution in [-0.4, -0.2) is 17.3 Å². The predicted octanol–water partition coefficient (Wildman–Crippen LogP) is 2.87. The zero-order valence-electron chi connectivity index (χ0n) is 9.17. The van der Waals surface area contributed by atoms with Crippen molar-refractivity contribution in [3.8, 4) is 0 Å². The number of hydrogen-bond donors (Lipinski definition) is 1. The third kappa shape index (κ3) is 3.33. The standard InChI is InChI=1S/C12H22O2/c1-3-14-10-9-12(2,13)11-7-5-4-6-8-11/h3,11,13H,1,4-10H2,2H3. The molecular weight excluding hydrogens is 176 g/mol. The van der Waals surface area contributed by atoms with Gasteiger partial charge in [0, 0.05) is 6.42 Å². The first-order valence-corrected chi connectivity index (χ1v) is 5.61. The Labute approximate surface area is 87.0 Å². The van der Waals surface area contributed by atoms with Crippen molar-refractivity contribution < 1.29 is 9.84 Å². The van der Waals surface area contributed by atoms with E-state index in [0.717, 1.165) is 0 Å². The van der Waals surface area contributed by atoms with Gasteiger partial charge in [0.05, 0.1) is 18.5 Å². The summed E-state index contributed by atoms with van der Waals surface area (Å²) in [6, 6.07) is 0. The predicted molar refractivity (Wildman–Crippen MR) is 58.0 cm³/mol. The molecule has 14 heavy (non-hydrogen) atoms. The van der Waals surface area contributed by atoms with E-state index in [1.807, 2.05) is 6.92 Å². The van der Waals surface area contributed by atoms with Crippen molar-refractivity contribution in [2.75, 3.05) is 6.61 Å². The quantitative estimate of drug-likeness (QED) is 0.543. The molecule has 0 aliphatic heterocycles. The molecule has 1 aliphatic rings. The maximum absolute atomic E-state index is 10.3. The summed E-state index contributed by atoms with van der Waals surface area (Å²) >= 11 is 0. The summed E-state index contributed by atoms with van der Waals surface area (Å²) in [4.78, 5) is 0. The molecule has 0 aromatic rings. The van der Waals surface area contributed by atoms with Crippen molar-refractivity contribution in [3.05, 3.63) is 12.8 Å². The first-order valence-electron chi connectivity index (χ1n) is 5.61. The molecule has 1 N–H and O–H groups in total. The third-order valence-corrected chi connectivity index (χ3v) is 3.33. The minimum Gasteiger partial charge on any atom is -0.502 e. The van der Waals surface area contributed by atoms with Crippen molar-refractivity contribution in [1.29, 1.82) is 0 Å². The molecule has 2 heteroatoms. The summed E-state index contributed by atoms with van der Waals surface area (Å²) < 4.78 is 5.06. The number of hydrogen-bond acceptors (Lipinski definition) is 2. The summed E-state index contributed by atoms with van der Waals surface area (Å²) in [7, 11) is 0. The Kier molecular flexibility index (Phi) is 4.46. The van der Waals surface area contributed by atoms with Gasteiger partial charge in [-0.2, -0.15) is 0 Å². The average molecular weight is 198 g/mol. The topological polar surface area (TPSA) is 29.5 Å². The minimum atomic E-state index is -0.552. The van der Waals surface area contributed by atoms with Crippen molar-refractivity contribution in [1.82, 2.24) is 0 Å². The molecule has 2 nitrogen and oxygen atoms in total. The molecule has 0 heterocycles. The fourth-order valence-corrected chi connectivity index (χ4v) is 2.28. The van der Waals surface area contributed by atoms with Gasteiger partial charge in [0.25, 0.3) is 0 Å². The fraction of sp³-hybridized carbons (Fsp3) is 0.833. The third-order valence-electron chi connectivity index (χ3n) is 3.33. The lowest BCUT2D eigenvalue weighted by Gasteiger charge is -2.35. The molecule has 1 atom stereocenters. The van der Waals surface area contributed by atoms with Gasteiger partial charge >= 0.3 is 0 Å². The first-order chi connectivity index (χ1) is 6.67. The molecule has 0 saturated heterocycles. The molecular formula is C12H22O2. The van der Waals surface area contributed by atoms with Gasteiger partial charge < -0.3 is 9.84 Å². The second kappa shape index (κ2) is 5.40. The summed E-state index contributed by atoms with van der Waals surface area (Å²) in [5.41, 5.74) is -0.552. The molecule has 1 fully saturated rings. The number of rotatable bonds is 5. The Morgan fingerprint density at radius 2 is 2.07 bits per heavy atom. The second-order valence-corrected chi connectivity index (χ2v) is 4.48. The molecule has 1 saturated carbocycles. The van der Waals surface area contributed by atoms with Gasteiger partial charge in [-0.05, 0) is 25.7 Å². The monoisotopic (exact) mass is 198 g/mol. The molecule has 0 radical (unpaired) electrons. The van der Waals surface area contributed by atoms with E-state index in [-0.39, 0.29) is 0 Å². The van der Waals surface area contributed by atoms with E-state index in [0.29, 0.717) is 18.9 Å². The van der Waals surface area contributed by atoms with E-state index in [1.54, 1.807) is 0 Å². The zero-order valence-corrected chi connectivity index (χ0v) is 9.17. The average Bonchev–Trinajstić information content (AvgIpc) is 2.19. The normalized spacial score (nSPS) is 22.7. The molecule has 0 bridgehead atoms. The van der Waals surface area contributed by atoms with Crippen molar-refractivity contribution in [2.24, 2.45) is 5.92 Å². The molecule has 0 spiro atoms. The van der Waals surface area contributed by atoms with Crippen molar-refractivity contribution in [2.45, 2.75) is 51.0 Å². The van der Waals surface area contributed by atoms with E-state index in [9.17, 15) is 5.11 Å². The zero-order chi connectivity index (χ0) is 10.4. The SMILES string of the molecule is C=COCCC(C)(O)C1CCCCC1. The van der Waals surface area contributed by atoms with Gasteiger partial charge in [0.1, 0.15) is 0 Å². The van der Waals surface area contributed by atoms with Crippen LogP contribution in [0.2, 0.25) is 0 Å². The van der Waals surface area contributed by atoms with Crippen LogP contribution < -0.4 is 0 Å². The van der Waals surface area contributed by atoms with E-state index in [2.05, 4.69) is 6.58 Å². The van der Waals surface area contributed by atoms with Crippen LogP contribution in [0.15, 0.2) is 12.8 Å². The van der Waals surface area contributed by atoms with Crippen molar-refractivity contribution >= 4 is 0 Å². The van der Waals surface area contributed by atoms with E-state index >= 15 is 0 Å². The van der Waals surface area contributed by atoms with Gasteiger partial charge in [-0.25, -0.2) is 0 Å². The Bertz CT molecular complexity index is 169. The first kappa shape index (κ1) is 11.6. The minimum absolute atomic E-state index is 0.463. The van der Waals surface area contributed by atoms with Gasteiger partial charge in [0.2, 0.25) is 0 Å². The summed E-state index contributed by atoms with van der Waals surface area (Å²) in [5.74, 6) is 0.463. The fourth-order valence-electron chi connectivity index (χ4n) is 2.28. The van der Waals surface area contributed by atoms with Crippen molar-refractivity contribution in [3.63, 3.8) is 0 Å². The molecule has 0 aromatic heterocycles. The Morgan fingerprint density at radius 3 is 2.64 bits per heavy atom. The Balaban J connectivity index is 2.33. The van der Waals surface area contributed by atoms with Crippen LogP contribution in [0.4, 0.5) is 0 Å². The number of aliphatic hydroxyl groups is 1. The Hall–Kier alpha value is -0.500. The maximum atomic E-state index is 10.3. The number of ether oxygens (including phenoxy) is 1. The van der Waals surface area contributed by atoms with Gasteiger partial charge in [-0.15, -0.1) is 0 Å². The van der Waals surface area contributed by atoms with Crippen LogP contribution in [0.1, 0.15) is 45.4 Å².